The number of hydrogen-bond acceptors (Lipinski definition) is 3. The standard InChI is InChI=1S/C12H7BrO4/c13-8-2-3-10-9(5-8)12(16)7(6-17-10)1-4-11(14)15/h1-6H,(H,14,15). The number of rotatable bonds is 2. The van der Waals surface area contributed by atoms with Gasteiger partial charge in [0.1, 0.15) is 11.8 Å². The zero-order valence-corrected chi connectivity index (χ0v) is 10.1. The summed E-state index contributed by atoms with van der Waals surface area (Å²) in [4.78, 5) is 22.3. The maximum Gasteiger partial charge on any atom is 0.328 e. The highest BCUT2D eigenvalue weighted by Crippen LogP contribution is 2.17. The second kappa shape index (κ2) is 4.55. The van der Waals surface area contributed by atoms with Gasteiger partial charge in [0.15, 0.2) is 5.43 Å². The Labute approximate surface area is 104 Å². The van der Waals surface area contributed by atoms with E-state index in [-0.39, 0.29) is 11.0 Å². The number of halogens is 1. The monoisotopic (exact) mass is 294 g/mol. The average Bonchev–Trinajstić information content (AvgIpc) is 2.29. The van der Waals surface area contributed by atoms with Crippen LogP contribution < -0.4 is 5.43 Å². The summed E-state index contributed by atoms with van der Waals surface area (Å²) in [5.74, 6) is -1.11. The molecule has 0 aliphatic rings. The van der Waals surface area contributed by atoms with Gasteiger partial charge in [-0.2, -0.15) is 0 Å². The summed E-state index contributed by atoms with van der Waals surface area (Å²) >= 11 is 3.26. The van der Waals surface area contributed by atoms with Crippen molar-refractivity contribution in [3.8, 4) is 0 Å². The molecular weight excluding hydrogens is 288 g/mol. The number of carbonyl (C=O) groups is 1. The smallest absolute Gasteiger partial charge is 0.328 e. The lowest BCUT2D eigenvalue weighted by Gasteiger charge is -1.98. The Bertz CT molecular complexity index is 670. The fourth-order valence-corrected chi connectivity index (χ4v) is 1.76. The summed E-state index contributed by atoms with van der Waals surface area (Å²) in [6.45, 7) is 0. The first kappa shape index (κ1) is 11.6. The Balaban J connectivity index is 2.65. The molecule has 0 saturated carbocycles. The van der Waals surface area contributed by atoms with Crippen LogP contribution in [0.4, 0.5) is 0 Å². The fourth-order valence-electron chi connectivity index (χ4n) is 1.39. The van der Waals surface area contributed by atoms with Crippen molar-refractivity contribution in [1.29, 1.82) is 0 Å². The summed E-state index contributed by atoms with van der Waals surface area (Å²) in [5, 5.41) is 8.91. The predicted octanol–water partition coefficient (Wildman–Crippen LogP) is 2.65. The van der Waals surface area contributed by atoms with E-state index in [1.54, 1.807) is 18.2 Å². The van der Waals surface area contributed by atoms with Gasteiger partial charge in [-0.1, -0.05) is 15.9 Å². The number of fused-ring (bicyclic) bond motifs is 1. The van der Waals surface area contributed by atoms with Crippen molar-refractivity contribution in [2.75, 3.05) is 0 Å². The van der Waals surface area contributed by atoms with Gasteiger partial charge in [0.25, 0.3) is 0 Å². The van der Waals surface area contributed by atoms with E-state index in [1.165, 1.54) is 12.3 Å². The molecular formula is C12H7BrO4. The molecule has 86 valence electrons. The molecule has 2 rings (SSSR count). The van der Waals surface area contributed by atoms with Crippen LogP contribution in [0.5, 0.6) is 0 Å². The Kier molecular flexibility index (Phi) is 3.10. The molecule has 4 nitrogen and oxygen atoms in total. The molecule has 0 unspecified atom stereocenters. The first-order valence-corrected chi connectivity index (χ1v) is 5.49. The summed E-state index contributed by atoms with van der Waals surface area (Å²) in [5.41, 5.74) is 0.411. The Morgan fingerprint density at radius 1 is 1.41 bits per heavy atom. The van der Waals surface area contributed by atoms with Gasteiger partial charge in [-0.3, -0.25) is 4.79 Å². The molecule has 1 heterocycles. The average molecular weight is 295 g/mol. The first-order chi connectivity index (χ1) is 8.08. The second-order valence-corrected chi connectivity index (χ2v) is 4.25. The van der Waals surface area contributed by atoms with Crippen LogP contribution in [0.25, 0.3) is 17.0 Å². The molecule has 0 radical (unpaired) electrons. The van der Waals surface area contributed by atoms with E-state index in [0.717, 1.165) is 10.5 Å². The van der Waals surface area contributed by atoms with Crippen molar-refractivity contribution in [2.45, 2.75) is 0 Å². The van der Waals surface area contributed by atoms with Gasteiger partial charge < -0.3 is 9.52 Å². The Morgan fingerprint density at radius 2 is 2.18 bits per heavy atom. The fraction of sp³-hybridized carbons (Fsp3) is 0. The quantitative estimate of drug-likeness (QED) is 0.865. The molecule has 0 saturated heterocycles. The zero-order valence-electron chi connectivity index (χ0n) is 8.51. The van der Waals surface area contributed by atoms with Gasteiger partial charge in [0.2, 0.25) is 0 Å². The van der Waals surface area contributed by atoms with E-state index in [1.807, 2.05) is 0 Å². The molecule has 5 heteroatoms. The van der Waals surface area contributed by atoms with E-state index in [9.17, 15) is 9.59 Å². The van der Waals surface area contributed by atoms with E-state index in [0.29, 0.717) is 11.0 Å². The van der Waals surface area contributed by atoms with Gasteiger partial charge >= 0.3 is 5.97 Å². The third kappa shape index (κ3) is 2.45. The van der Waals surface area contributed by atoms with Gasteiger partial charge in [0.05, 0.1) is 10.9 Å². The van der Waals surface area contributed by atoms with Gasteiger partial charge in [-0.15, -0.1) is 0 Å². The molecule has 0 aliphatic heterocycles. The largest absolute Gasteiger partial charge is 0.478 e. The van der Waals surface area contributed by atoms with Crippen LogP contribution in [0.2, 0.25) is 0 Å². The topological polar surface area (TPSA) is 67.5 Å². The summed E-state index contributed by atoms with van der Waals surface area (Å²) in [7, 11) is 0. The third-order valence-electron chi connectivity index (χ3n) is 2.17. The SMILES string of the molecule is O=C(O)C=Cc1coc2ccc(Br)cc2c1=O. The third-order valence-corrected chi connectivity index (χ3v) is 2.66. The molecule has 2 aromatic rings. The van der Waals surface area contributed by atoms with Crippen molar-refractivity contribution >= 4 is 38.9 Å². The van der Waals surface area contributed by atoms with Crippen molar-refractivity contribution in [1.82, 2.24) is 0 Å². The number of hydrogen-bond donors (Lipinski definition) is 1. The minimum absolute atomic E-state index is 0.206. The van der Waals surface area contributed by atoms with Crippen LogP contribution in [0.1, 0.15) is 5.56 Å². The molecule has 0 aliphatic carbocycles. The summed E-state index contributed by atoms with van der Waals surface area (Å²) < 4.78 is 6.01. The van der Waals surface area contributed by atoms with Crippen molar-refractivity contribution in [2.24, 2.45) is 0 Å². The molecule has 0 atom stereocenters. The second-order valence-electron chi connectivity index (χ2n) is 3.33. The maximum absolute atomic E-state index is 12.0. The predicted molar refractivity (Wildman–Crippen MR) is 66.9 cm³/mol. The van der Waals surface area contributed by atoms with Crippen LogP contribution in [-0.2, 0) is 4.79 Å². The van der Waals surface area contributed by atoms with Gasteiger partial charge in [-0.05, 0) is 24.3 Å². The summed E-state index contributed by atoms with van der Waals surface area (Å²) in [6.07, 6.45) is 3.36. The Hall–Kier alpha value is -1.88. The molecule has 0 fully saturated rings. The Morgan fingerprint density at radius 3 is 2.88 bits per heavy atom. The molecule has 1 N–H and O–H groups in total. The van der Waals surface area contributed by atoms with Crippen LogP contribution in [-0.4, -0.2) is 11.1 Å². The maximum atomic E-state index is 12.0. The minimum atomic E-state index is -1.11. The van der Waals surface area contributed by atoms with E-state index in [2.05, 4.69) is 15.9 Å². The number of aliphatic carboxylic acids is 1. The van der Waals surface area contributed by atoms with E-state index in [4.69, 9.17) is 9.52 Å². The lowest BCUT2D eigenvalue weighted by Crippen LogP contribution is -2.05. The first-order valence-electron chi connectivity index (χ1n) is 4.70. The van der Waals surface area contributed by atoms with Crippen LogP contribution >= 0.6 is 15.9 Å². The van der Waals surface area contributed by atoms with Gasteiger partial charge in [-0.25, -0.2) is 4.79 Å². The number of carboxylic acid groups (broad SMARTS) is 1. The minimum Gasteiger partial charge on any atom is -0.478 e. The molecule has 0 spiro atoms. The highest BCUT2D eigenvalue weighted by molar-refractivity contribution is 9.10. The lowest BCUT2D eigenvalue weighted by molar-refractivity contribution is -0.131. The van der Waals surface area contributed by atoms with Crippen molar-refractivity contribution in [3.63, 3.8) is 0 Å². The van der Waals surface area contributed by atoms with E-state index < -0.39 is 5.97 Å². The number of carboxylic acids is 1. The molecule has 17 heavy (non-hydrogen) atoms. The lowest BCUT2D eigenvalue weighted by atomic mass is 10.1. The zero-order chi connectivity index (χ0) is 12.4. The molecule has 0 bridgehead atoms. The highest BCUT2D eigenvalue weighted by Gasteiger charge is 2.05. The summed E-state index contributed by atoms with van der Waals surface area (Å²) in [6, 6.07) is 5.07. The highest BCUT2D eigenvalue weighted by atomic mass is 79.9. The van der Waals surface area contributed by atoms with Gasteiger partial charge in [0, 0.05) is 10.5 Å². The normalized spacial score (nSPS) is 11.1. The van der Waals surface area contributed by atoms with Crippen LogP contribution in [0.3, 0.4) is 0 Å². The van der Waals surface area contributed by atoms with Crippen LogP contribution in [0.15, 0.2) is 44.2 Å². The molecule has 0 amide bonds. The van der Waals surface area contributed by atoms with E-state index >= 15 is 0 Å². The molecule has 1 aromatic heterocycles. The van der Waals surface area contributed by atoms with Crippen LogP contribution in [0, 0.1) is 0 Å². The number of benzene rings is 1. The molecule has 1 aromatic carbocycles. The van der Waals surface area contributed by atoms with Crippen molar-refractivity contribution in [3.05, 3.63) is 50.8 Å². The van der Waals surface area contributed by atoms with Crippen molar-refractivity contribution < 1.29 is 14.3 Å².